The lowest BCUT2D eigenvalue weighted by Gasteiger charge is -2.08. The van der Waals surface area contributed by atoms with Crippen molar-refractivity contribution in [3.05, 3.63) is 46.3 Å². The van der Waals surface area contributed by atoms with Crippen molar-refractivity contribution >= 4 is 28.2 Å². The average Bonchev–Trinajstić information content (AvgIpc) is 2.89. The van der Waals surface area contributed by atoms with Crippen molar-refractivity contribution in [2.24, 2.45) is 0 Å². The van der Waals surface area contributed by atoms with Gasteiger partial charge in [0.15, 0.2) is 6.61 Å². The molecule has 5 nitrogen and oxygen atoms in total. The number of amides is 1. The Labute approximate surface area is 126 Å². The molecule has 110 valence electrons. The molecule has 0 bridgehead atoms. The van der Waals surface area contributed by atoms with Gasteiger partial charge in [-0.15, -0.1) is 11.3 Å². The molecule has 0 spiro atoms. The Morgan fingerprint density at radius 3 is 2.57 bits per heavy atom. The Morgan fingerprint density at radius 1 is 1.19 bits per heavy atom. The fourth-order valence-corrected chi connectivity index (χ4v) is 2.41. The lowest BCUT2D eigenvalue weighted by Crippen LogP contribution is -2.19. The molecule has 0 radical (unpaired) electrons. The minimum atomic E-state index is -1.01. The Morgan fingerprint density at radius 2 is 1.95 bits per heavy atom. The van der Waals surface area contributed by atoms with Gasteiger partial charge >= 0.3 is 5.97 Å². The quantitative estimate of drug-likeness (QED) is 0.890. The highest BCUT2D eigenvalue weighted by atomic mass is 32.1. The molecular weight excluding hydrogens is 290 g/mol. The molecule has 21 heavy (non-hydrogen) atoms. The van der Waals surface area contributed by atoms with Crippen LogP contribution in [0.5, 0.6) is 5.75 Å². The van der Waals surface area contributed by atoms with E-state index >= 15 is 0 Å². The molecule has 2 rings (SSSR count). The van der Waals surface area contributed by atoms with Crippen LogP contribution in [0.25, 0.3) is 0 Å². The number of anilines is 1. The standard InChI is InChI=1S/C15H15NO4S/c1-9-3-4-11(7-10(9)2)20-8-13(17)16-14-6-5-12(21-14)15(18)19/h3-7H,8H2,1-2H3,(H,16,17)(H,18,19). The normalized spacial score (nSPS) is 10.2. The van der Waals surface area contributed by atoms with Gasteiger partial charge in [0.05, 0.1) is 5.00 Å². The van der Waals surface area contributed by atoms with Crippen molar-refractivity contribution in [3.8, 4) is 5.75 Å². The molecule has 1 amide bonds. The molecule has 2 aromatic rings. The highest BCUT2D eigenvalue weighted by molar-refractivity contribution is 7.18. The Balaban J connectivity index is 1.89. The molecule has 0 aliphatic rings. The van der Waals surface area contributed by atoms with E-state index < -0.39 is 5.97 Å². The monoisotopic (exact) mass is 305 g/mol. The van der Waals surface area contributed by atoms with Crippen molar-refractivity contribution in [1.29, 1.82) is 0 Å². The summed E-state index contributed by atoms with van der Waals surface area (Å²) in [5.41, 5.74) is 2.25. The number of carbonyl (C=O) groups is 2. The van der Waals surface area contributed by atoms with Gasteiger partial charge in [0.2, 0.25) is 0 Å². The van der Waals surface area contributed by atoms with E-state index in [0.29, 0.717) is 10.8 Å². The van der Waals surface area contributed by atoms with E-state index in [4.69, 9.17) is 9.84 Å². The molecule has 6 heteroatoms. The second kappa shape index (κ2) is 6.41. The SMILES string of the molecule is Cc1ccc(OCC(=O)Nc2ccc(C(=O)O)s2)cc1C. The Kier molecular flexibility index (Phi) is 4.59. The zero-order chi connectivity index (χ0) is 15.4. The molecule has 1 aromatic carbocycles. The summed E-state index contributed by atoms with van der Waals surface area (Å²) in [6.45, 7) is 3.85. The topological polar surface area (TPSA) is 75.6 Å². The number of carboxylic acid groups (broad SMARTS) is 1. The predicted octanol–water partition coefficient (Wildman–Crippen LogP) is 3.08. The average molecular weight is 305 g/mol. The number of ether oxygens (including phenoxy) is 1. The number of carbonyl (C=O) groups excluding carboxylic acids is 1. The van der Waals surface area contributed by atoms with E-state index in [2.05, 4.69) is 5.32 Å². The number of hydrogen-bond donors (Lipinski definition) is 2. The van der Waals surface area contributed by atoms with Gasteiger partial charge in [-0.2, -0.15) is 0 Å². The van der Waals surface area contributed by atoms with Crippen LogP contribution in [-0.2, 0) is 4.79 Å². The summed E-state index contributed by atoms with van der Waals surface area (Å²) in [4.78, 5) is 22.7. The molecule has 2 N–H and O–H groups in total. The highest BCUT2D eigenvalue weighted by Crippen LogP contribution is 2.22. The zero-order valence-electron chi connectivity index (χ0n) is 11.7. The highest BCUT2D eigenvalue weighted by Gasteiger charge is 2.10. The van der Waals surface area contributed by atoms with Gasteiger partial charge in [-0.3, -0.25) is 4.79 Å². The van der Waals surface area contributed by atoms with Gasteiger partial charge in [0, 0.05) is 0 Å². The first kappa shape index (κ1) is 15.1. The summed E-state index contributed by atoms with van der Waals surface area (Å²) in [5, 5.41) is 11.9. The molecule has 0 saturated carbocycles. The number of nitrogens with one attached hydrogen (secondary N) is 1. The number of hydrogen-bond acceptors (Lipinski definition) is 4. The van der Waals surface area contributed by atoms with Gasteiger partial charge in [-0.05, 0) is 49.2 Å². The largest absolute Gasteiger partial charge is 0.484 e. The van der Waals surface area contributed by atoms with Crippen molar-refractivity contribution in [2.45, 2.75) is 13.8 Å². The van der Waals surface area contributed by atoms with E-state index in [0.717, 1.165) is 22.5 Å². The maximum atomic E-state index is 11.7. The molecule has 1 heterocycles. The summed E-state index contributed by atoms with van der Waals surface area (Å²) in [5.74, 6) is -0.704. The number of aryl methyl sites for hydroxylation is 2. The third-order valence-electron chi connectivity index (χ3n) is 2.93. The van der Waals surface area contributed by atoms with Crippen LogP contribution in [0.2, 0.25) is 0 Å². The molecule has 0 unspecified atom stereocenters. The van der Waals surface area contributed by atoms with E-state index in [9.17, 15) is 9.59 Å². The number of benzene rings is 1. The minimum absolute atomic E-state index is 0.122. The van der Waals surface area contributed by atoms with Gasteiger partial charge in [0.25, 0.3) is 5.91 Å². The summed E-state index contributed by atoms with van der Waals surface area (Å²) in [7, 11) is 0. The molecule has 0 atom stereocenters. The molecule has 0 fully saturated rings. The second-order valence-corrected chi connectivity index (χ2v) is 5.64. The summed E-state index contributed by atoms with van der Waals surface area (Å²) >= 11 is 1.01. The van der Waals surface area contributed by atoms with Crippen molar-refractivity contribution in [1.82, 2.24) is 0 Å². The predicted molar refractivity (Wildman–Crippen MR) is 81.3 cm³/mol. The van der Waals surface area contributed by atoms with Gasteiger partial charge in [0.1, 0.15) is 10.6 Å². The summed E-state index contributed by atoms with van der Waals surface area (Å²) in [6, 6.07) is 8.62. The van der Waals surface area contributed by atoms with E-state index in [1.807, 2.05) is 32.0 Å². The van der Waals surface area contributed by atoms with Gasteiger partial charge < -0.3 is 15.2 Å². The fraction of sp³-hybridized carbons (Fsp3) is 0.200. The molecular formula is C15H15NO4S. The first-order valence-electron chi connectivity index (χ1n) is 6.29. The van der Waals surface area contributed by atoms with Crippen LogP contribution in [0.3, 0.4) is 0 Å². The van der Waals surface area contributed by atoms with Crippen LogP contribution in [0, 0.1) is 13.8 Å². The van der Waals surface area contributed by atoms with Crippen LogP contribution in [0.15, 0.2) is 30.3 Å². The van der Waals surface area contributed by atoms with Crippen molar-refractivity contribution in [2.75, 3.05) is 11.9 Å². The first-order chi connectivity index (χ1) is 9.95. The molecule has 0 aliphatic carbocycles. The maximum Gasteiger partial charge on any atom is 0.345 e. The van der Waals surface area contributed by atoms with E-state index in [1.165, 1.54) is 6.07 Å². The number of carboxylic acids is 1. The summed E-state index contributed by atoms with van der Waals surface area (Å²) < 4.78 is 5.41. The number of thiophene rings is 1. The lowest BCUT2D eigenvalue weighted by molar-refractivity contribution is -0.118. The van der Waals surface area contributed by atoms with Crippen LogP contribution < -0.4 is 10.1 Å². The first-order valence-corrected chi connectivity index (χ1v) is 7.10. The maximum absolute atomic E-state index is 11.7. The molecule has 1 aromatic heterocycles. The second-order valence-electron chi connectivity index (χ2n) is 4.55. The van der Waals surface area contributed by atoms with Gasteiger partial charge in [-0.1, -0.05) is 6.07 Å². The van der Waals surface area contributed by atoms with E-state index in [-0.39, 0.29) is 17.4 Å². The molecule has 0 aliphatic heterocycles. The lowest BCUT2D eigenvalue weighted by atomic mass is 10.1. The third-order valence-corrected chi connectivity index (χ3v) is 3.92. The minimum Gasteiger partial charge on any atom is -0.484 e. The number of rotatable bonds is 5. The third kappa shape index (κ3) is 4.06. The van der Waals surface area contributed by atoms with Crippen LogP contribution >= 0.6 is 11.3 Å². The van der Waals surface area contributed by atoms with Crippen LogP contribution in [-0.4, -0.2) is 23.6 Å². The number of aromatic carboxylic acids is 1. The van der Waals surface area contributed by atoms with Crippen LogP contribution in [0.1, 0.15) is 20.8 Å². The Bertz CT molecular complexity index is 678. The fourth-order valence-electron chi connectivity index (χ4n) is 1.65. The van der Waals surface area contributed by atoms with Gasteiger partial charge in [-0.25, -0.2) is 4.79 Å². The smallest absolute Gasteiger partial charge is 0.345 e. The molecule has 0 saturated heterocycles. The Hall–Kier alpha value is -2.34. The van der Waals surface area contributed by atoms with E-state index in [1.54, 1.807) is 6.07 Å². The van der Waals surface area contributed by atoms with Crippen molar-refractivity contribution in [3.63, 3.8) is 0 Å². The summed E-state index contributed by atoms with van der Waals surface area (Å²) in [6.07, 6.45) is 0. The van der Waals surface area contributed by atoms with Crippen molar-refractivity contribution < 1.29 is 19.4 Å². The zero-order valence-corrected chi connectivity index (χ0v) is 12.5. The van der Waals surface area contributed by atoms with Crippen LogP contribution in [0.4, 0.5) is 5.00 Å².